The fourth-order valence-electron chi connectivity index (χ4n) is 4.23. The van der Waals surface area contributed by atoms with E-state index in [0.29, 0.717) is 12.0 Å². The SMILES string of the molecule is CCCC(C)NC(=O)C(c1cccc(C)c1O)N(C(=O)C(CCC(N)=O)NC(=O)OC(C)(C)C)C(C)(C)CC. The molecule has 0 radical (unpaired) electrons. The first kappa shape index (κ1) is 33.7. The summed E-state index contributed by atoms with van der Waals surface area (Å²) in [6.07, 6.45) is 0.923. The van der Waals surface area contributed by atoms with Crippen LogP contribution < -0.4 is 16.4 Å². The highest BCUT2D eigenvalue weighted by Gasteiger charge is 2.44. The molecule has 1 rings (SSSR count). The van der Waals surface area contributed by atoms with Crippen LogP contribution in [-0.4, -0.2) is 57.0 Å². The quantitative estimate of drug-likeness (QED) is 0.290. The van der Waals surface area contributed by atoms with Crippen LogP contribution in [0.4, 0.5) is 4.79 Å². The van der Waals surface area contributed by atoms with Gasteiger partial charge < -0.3 is 31.1 Å². The number of para-hydroxylation sites is 1. The molecule has 5 N–H and O–H groups in total. The summed E-state index contributed by atoms with van der Waals surface area (Å²) in [7, 11) is 0. The van der Waals surface area contributed by atoms with Crippen molar-refractivity contribution in [2.75, 3.05) is 0 Å². The van der Waals surface area contributed by atoms with E-state index in [1.54, 1.807) is 45.9 Å². The predicted octanol–water partition coefficient (Wildman–Crippen LogP) is 4.22. The number of primary amides is 1. The van der Waals surface area contributed by atoms with Crippen molar-refractivity contribution in [3.8, 4) is 5.75 Å². The van der Waals surface area contributed by atoms with E-state index in [0.717, 1.165) is 12.8 Å². The number of benzene rings is 1. The van der Waals surface area contributed by atoms with Crippen LogP contribution in [0.15, 0.2) is 18.2 Å². The van der Waals surface area contributed by atoms with Crippen molar-refractivity contribution in [1.82, 2.24) is 15.5 Å². The second-order valence-electron chi connectivity index (χ2n) is 11.7. The number of nitrogens with two attached hydrogens (primary N) is 1. The van der Waals surface area contributed by atoms with Gasteiger partial charge in [0.05, 0.1) is 0 Å². The fourth-order valence-corrected chi connectivity index (χ4v) is 4.23. The van der Waals surface area contributed by atoms with Crippen molar-refractivity contribution < 1.29 is 29.0 Å². The van der Waals surface area contributed by atoms with Gasteiger partial charge in [0.2, 0.25) is 17.7 Å². The molecule has 0 saturated heterocycles. The van der Waals surface area contributed by atoms with Crippen LogP contribution in [0.25, 0.3) is 0 Å². The Hall–Kier alpha value is -3.30. The zero-order valence-electron chi connectivity index (χ0n) is 25.0. The van der Waals surface area contributed by atoms with E-state index in [2.05, 4.69) is 10.6 Å². The molecule has 0 fully saturated rings. The predicted molar refractivity (Wildman–Crippen MR) is 151 cm³/mol. The Kier molecular flexibility index (Phi) is 12.3. The largest absolute Gasteiger partial charge is 0.507 e. The lowest BCUT2D eigenvalue weighted by molar-refractivity contribution is -0.149. The van der Waals surface area contributed by atoms with Gasteiger partial charge in [-0.15, -0.1) is 0 Å². The molecular formula is C29H48N4O6. The minimum absolute atomic E-state index is 0.0932. The number of nitrogens with one attached hydrogen (secondary N) is 2. The third kappa shape index (κ3) is 10.1. The molecule has 0 saturated carbocycles. The molecule has 0 aliphatic rings. The van der Waals surface area contributed by atoms with E-state index in [1.165, 1.54) is 4.90 Å². The topological polar surface area (TPSA) is 151 Å². The third-order valence-corrected chi connectivity index (χ3v) is 6.60. The Bertz CT molecular complexity index is 1020. The number of carbonyl (C=O) groups is 4. The van der Waals surface area contributed by atoms with E-state index in [9.17, 15) is 24.3 Å². The number of rotatable bonds is 13. The molecule has 0 aliphatic carbocycles. The molecule has 0 aromatic heterocycles. The van der Waals surface area contributed by atoms with Crippen LogP contribution in [0, 0.1) is 6.92 Å². The lowest BCUT2D eigenvalue weighted by atomic mass is 9.90. The van der Waals surface area contributed by atoms with Crippen molar-refractivity contribution >= 4 is 23.8 Å². The maximum Gasteiger partial charge on any atom is 0.408 e. The molecule has 0 bridgehead atoms. The molecule has 1 aromatic rings. The van der Waals surface area contributed by atoms with Gasteiger partial charge in [0.1, 0.15) is 23.4 Å². The van der Waals surface area contributed by atoms with Crippen LogP contribution in [0.5, 0.6) is 5.75 Å². The summed E-state index contributed by atoms with van der Waals surface area (Å²) in [4.78, 5) is 54.0. The summed E-state index contributed by atoms with van der Waals surface area (Å²) < 4.78 is 5.37. The Balaban J connectivity index is 3.75. The summed E-state index contributed by atoms with van der Waals surface area (Å²) in [6, 6.07) is 2.43. The number of hydrogen-bond acceptors (Lipinski definition) is 6. The van der Waals surface area contributed by atoms with E-state index in [4.69, 9.17) is 10.5 Å². The van der Waals surface area contributed by atoms with Gasteiger partial charge in [-0.2, -0.15) is 0 Å². The van der Waals surface area contributed by atoms with Crippen LogP contribution in [0.1, 0.15) is 105 Å². The number of aromatic hydroxyl groups is 1. The normalized spacial score (nSPS) is 14.1. The average Bonchev–Trinajstić information content (AvgIpc) is 2.80. The molecule has 10 heteroatoms. The molecule has 3 unspecified atom stereocenters. The highest BCUT2D eigenvalue weighted by atomic mass is 16.6. The number of phenols is 1. The fraction of sp³-hybridized carbons (Fsp3) is 0.655. The number of alkyl carbamates (subject to hydrolysis) is 1. The summed E-state index contributed by atoms with van der Waals surface area (Å²) in [5, 5.41) is 16.6. The molecule has 0 spiro atoms. The molecule has 4 amide bonds. The van der Waals surface area contributed by atoms with Crippen LogP contribution in [0.3, 0.4) is 0 Å². The Morgan fingerprint density at radius 1 is 1.05 bits per heavy atom. The Morgan fingerprint density at radius 2 is 1.67 bits per heavy atom. The second-order valence-corrected chi connectivity index (χ2v) is 11.7. The lowest BCUT2D eigenvalue weighted by Crippen LogP contribution is -2.59. The zero-order chi connectivity index (χ0) is 30.1. The molecule has 3 atom stereocenters. The van der Waals surface area contributed by atoms with E-state index < -0.39 is 47.0 Å². The van der Waals surface area contributed by atoms with Crippen molar-refractivity contribution in [3.63, 3.8) is 0 Å². The number of carbonyl (C=O) groups excluding carboxylic acids is 4. The highest BCUT2D eigenvalue weighted by molar-refractivity contribution is 5.93. The van der Waals surface area contributed by atoms with Gasteiger partial charge in [-0.1, -0.05) is 38.5 Å². The summed E-state index contributed by atoms with van der Waals surface area (Å²) in [5.41, 5.74) is 4.46. The second kappa shape index (κ2) is 14.2. The summed E-state index contributed by atoms with van der Waals surface area (Å²) >= 11 is 0. The number of ether oxygens (including phenoxy) is 1. The standard InChI is InChI=1S/C29H48N4O6/c1-10-13-19(4)31-25(36)23(20-15-12-14-18(3)24(20)35)33(29(8,9)11-2)26(37)21(16-17-22(30)34)32-27(38)39-28(5,6)7/h12,14-15,19,21,23,35H,10-11,13,16-17H2,1-9H3,(H2,30,34)(H,31,36)(H,32,38). The first-order chi connectivity index (χ1) is 17.9. The lowest BCUT2D eigenvalue weighted by Gasteiger charge is -2.45. The average molecular weight is 549 g/mol. The van der Waals surface area contributed by atoms with E-state index in [1.807, 2.05) is 34.6 Å². The minimum atomic E-state index is -1.22. The summed E-state index contributed by atoms with van der Waals surface area (Å²) in [5.74, 6) is -1.80. The minimum Gasteiger partial charge on any atom is -0.507 e. The Morgan fingerprint density at radius 3 is 2.18 bits per heavy atom. The van der Waals surface area contributed by atoms with Crippen LogP contribution in [-0.2, 0) is 19.1 Å². The van der Waals surface area contributed by atoms with Crippen molar-refractivity contribution in [3.05, 3.63) is 29.3 Å². The molecule has 1 aromatic carbocycles. The smallest absolute Gasteiger partial charge is 0.408 e. The first-order valence-corrected chi connectivity index (χ1v) is 13.6. The molecular weight excluding hydrogens is 500 g/mol. The Labute approximate surface area is 233 Å². The van der Waals surface area contributed by atoms with E-state index in [-0.39, 0.29) is 30.2 Å². The van der Waals surface area contributed by atoms with Gasteiger partial charge in [-0.25, -0.2) is 4.79 Å². The maximum atomic E-state index is 14.3. The molecule has 220 valence electrons. The highest BCUT2D eigenvalue weighted by Crippen LogP contribution is 2.37. The van der Waals surface area contributed by atoms with Crippen LogP contribution >= 0.6 is 0 Å². The maximum absolute atomic E-state index is 14.3. The number of hydrogen-bond donors (Lipinski definition) is 4. The molecule has 0 aliphatic heterocycles. The van der Waals surface area contributed by atoms with Gasteiger partial charge in [0, 0.05) is 23.6 Å². The van der Waals surface area contributed by atoms with Crippen molar-refractivity contribution in [1.29, 1.82) is 0 Å². The zero-order valence-corrected chi connectivity index (χ0v) is 25.0. The first-order valence-electron chi connectivity index (χ1n) is 13.6. The number of phenolic OH excluding ortho intramolecular Hbond substituents is 1. The van der Waals surface area contributed by atoms with Gasteiger partial charge in [-0.3, -0.25) is 14.4 Å². The summed E-state index contributed by atoms with van der Waals surface area (Å²) in [6.45, 7) is 16.2. The number of amides is 4. The van der Waals surface area contributed by atoms with Gasteiger partial charge in [-0.05, 0) is 73.3 Å². The van der Waals surface area contributed by atoms with Gasteiger partial charge in [0.15, 0.2) is 0 Å². The van der Waals surface area contributed by atoms with E-state index >= 15 is 0 Å². The van der Waals surface area contributed by atoms with Gasteiger partial charge in [0.25, 0.3) is 0 Å². The molecule has 10 nitrogen and oxygen atoms in total. The van der Waals surface area contributed by atoms with Crippen molar-refractivity contribution in [2.24, 2.45) is 5.73 Å². The van der Waals surface area contributed by atoms with Crippen LogP contribution in [0.2, 0.25) is 0 Å². The third-order valence-electron chi connectivity index (χ3n) is 6.60. The van der Waals surface area contributed by atoms with Crippen molar-refractivity contribution in [2.45, 2.75) is 124 Å². The molecule has 0 heterocycles. The molecule has 39 heavy (non-hydrogen) atoms. The number of aryl methyl sites for hydroxylation is 1. The monoisotopic (exact) mass is 548 g/mol. The number of nitrogens with zero attached hydrogens (tertiary/aromatic N) is 1. The van der Waals surface area contributed by atoms with Gasteiger partial charge >= 0.3 is 6.09 Å².